The van der Waals surface area contributed by atoms with Crippen LogP contribution in [0.25, 0.3) is 0 Å². The molecule has 1 saturated heterocycles. The Morgan fingerprint density at radius 2 is 2.17 bits per heavy atom. The largest absolute Gasteiger partial charge is 0.490 e. The summed E-state index contributed by atoms with van der Waals surface area (Å²) < 4.78 is 6.41. The SMILES string of the molecule is O=C(NCC(O)COc1ccccc1Br)C1CC12CCNCC2. The summed E-state index contributed by atoms with van der Waals surface area (Å²) in [7, 11) is 0. The van der Waals surface area contributed by atoms with Gasteiger partial charge in [-0.1, -0.05) is 12.1 Å². The molecule has 1 spiro atoms. The molecule has 5 nitrogen and oxygen atoms in total. The molecule has 2 aliphatic rings. The van der Waals surface area contributed by atoms with Crippen LogP contribution in [0.3, 0.4) is 0 Å². The zero-order chi connectivity index (χ0) is 16.3. The number of hydrogen-bond donors (Lipinski definition) is 3. The molecule has 23 heavy (non-hydrogen) atoms. The summed E-state index contributed by atoms with van der Waals surface area (Å²) in [6.07, 6.45) is 2.44. The van der Waals surface area contributed by atoms with E-state index in [9.17, 15) is 9.90 Å². The van der Waals surface area contributed by atoms with Crippen LogP contribution in [0.4, 0.5) is 0 Å². The van der Waals surface area contributed by atoms with Crippen LogP contribution in [-0.4, -0.2) is 43.4 Å². The average molecular weight is 383 g/mol. The Bertz CT molecular complexity index is 561. The lowest BCUT2D eigenvalue weighted by Gasteiger charge is -2.23. The first-order valence-corrected chi connectivity index (χ1v) is 8.94. The van der Waals surface area contributed by atoms with Gasteiger partial charge in [0.25, 0.3) is 0 Å². The molecule has 3 rings (SSSR count). The number of aliphatic hydroxyl groups is 1. The van der Waals surface area contributed by atoms with Gasteiger partial charge < -0.3 is 20.5 Å². The molecular weight excluding hydrogens is 360 g/mol. The normalized spacial score (nSPS) is 23.3. The number of halogens is 1. The van der Waals surface area contributed by atoms with Crippen molar-refractivity contribution < 1.29 is 14.6 Å². The number of nitrogens with one attached hydrogen (secondary N) is 2. The van der Waals surface area contributed by atoms with Crippen molar-refractivity contribution in [3.8, 4) is 5.75 Å². The van der Waals surface area contributed by atoms with Crippen LogP contribution in [-0.2, 0) is 4.79 Å². The molecule has 2 atom stereocenters. The quantitative estimate of drug-likeness (QED) is 0.700. The van der Waals surface area contributed by atoms with E-state index in [1.165, 1.54) is 0 Å². The molecule has 1 amide bonds. The monoisotopic (exact) mass is 382 g/mol. The summed E-state index contributed by atoms with van der Waals surface area (Å²) >= 11 is 3.40. The lowest BCUT2D eigenvalue weighted by molar-refractivity contribution is -0.123. The molecule has 1 saturated carbocycles. The van der Waals surface area contributed by atoms with Gasteiger partial charge in [0, 0.05) is 12.5 Å². The number of rotatable bonds is 6. The minimum Gasteiger partial charge on any atom is -0.490 e. The molecule has 3 N–H and O–H groups in total. The van der Waals surface area contributed by atoms with Crippen LogP contribution in [0.1, 0.15) is 19.3 Å². The van der Waals surface area contributed by atoms with Gasteiger partial charge in [0.2, 0.25) is 5.91 Å². The van der Waals surface area contributed by atoms with Crippen LogP contribution in [0, 0.1) is 11.3 Å². The number of piperidine rings is 1. The molecule has 1 aliphatic heterocycles. The van der Waals surface area contributed by atoms with Crippen molar-refractivity contribution >= 4 is 21.8 Å². The third-order valence-electron chi connectivity index (χ3n) is 4.89. The Morgan fingerprint density at radius 1 is 1.43 bits per heavy atom. The number of carbonyl (C=O) groups is 1. The van der Waals surface area contributed by atoms with Gasteiger partial charge >= 0.3 is 0 Å². The van der Waals surface area contributed by atoms with E-state index in [0.717, 1.165) is 36.8 Å². The van der Waals surface area contributed by atoms with Gasteiger partial charge in [-0.05, 0) is 65.8 Å². The second-order valence-electron chi connectivity index (χ2n) is 6.51. The first-order chi connectivity index (χ1) is 11.1. The fourth-order valence-electron chi connectivity index (χ4n) is 3.34. The zero-order valence-electron chi connectivity index (χ0n) is 13.1. The van der Waals surface area contributed by atoms with Crippen LogP contribution >= 0.6 is 15.9 Å². The zero-order valence-corrected chi connectivity index (χ0v) is 14.6. The van der Waals surface area contributed by atoms with Gasteiger partial charge in [-0.2, -0.15) is 0 Å². The highest BCUT2D eigenvalue weighted by molar-refractivity contribution is 9.10. The Balaban J connectivity index is 1.38. The minimum atomic E-state index is -0.714. The fraction of sp³-hybridized carbons (Fsp3) is 0.588. The van der Waals surface area contributed by atoms with Crippen molar-refractivity contribution in [1.29, 1.82) is 0 Å². The Morgan fingerprint density at radius 3 is 2.91 bits per heavy atom. The Kier molecular flexibility index (Phi) is 5.24. The number of ether oxygens (including phenoxy) is 1. The van der Waals surface area contributed by atoms with Gasteiger partial charge in [0.1, 0.15) is 18.5 Å². The maximum Gasteiger partial charge on any atom is 0.223 e. The molecule has 0 aromatic heterocycles. The van der Waals surface area contributed by atoms with Crippen LogP contribution in [0.5, 0.6) is 5.75 Å². The third kappa shape index (κ3) is 4.05. The molecule has 1 heterocycles. The molecule has 1 aromatic rings. The van der Waals surface area contributed by atoms with E-state index in [0.29, 0.717) is 5.75 Å². The fourth-order valence-corrected chi connectivity index (χ4v) is 3.74. The summed E-state index contributed by atoms with van der Waals surface area (Å²) in [6, 6.07) is 7.50. The van der Waals surface area contributed by atoms with Crippen molar-refractivity contribution in [2.45, 2.75) is 25.4 Å². The molecular formula is C17H23BrN2O3. The molecule has 1 aliphatic carbocycles. The van der Waals surface area contributed by atoms with Crippen molar-refractivity contribution in [3.05, 3.63) is 28.7 Å². The van der Waals surface area contributed by atoms with Crippen LogP contribution in [0.2, 0.25) is 0 Å². The minimum absolute atomic E-state index is 0.0758. The predicted octanol–water partition coefficient (Wildman–Crippen LogP) is 1.69. The first kappa shape index (κ1) is 16.7. The second kappa shape index (κ2) is 7.20. The highest BCUT2D eigenvalue weighted by atomic mass is 79.9. The summed E-state index contributed by atoms with van der Waals surface area (Å²) in [6.45, 7) is 2.40. The lowest BCUT2D eigenvalue weighted by Crippen LogP contribution is -2.38. The summed E-state index contributed by atoms with van der Waals surface area (Å²) in [5.41, 5.74) is 0.228. The van der Waals surface area contributed by atoms with E-state index in [-0.39, 0.29) is 30.4 Å². The van der Waals surface area contributed by atoms with Gasteiger partial charge in [-0.15, -0.1) is 0 Å². The summed E-state index contributed by atoms with van der Waals surface area (Å²) in [4.78, 5) is 12.2. The standard InChI is InChI=1S/C17H23BrN2O3/c18-14-3-1-2-4-15(14)23-11-12(21)10-20-16(22)13-9-17(13)5-7-19-8-6-17/h1-4,12-13,19,21H,5-11H2,(H,20,22). The molecule has 0 radical (unpaired) electrons. The summed E-state index contributed by atoms with van der Waals surface area (Å²) in [5, 5.41) is 16.2. The molecule has 2 unspecified atom stereocenters. The Labute approximate surface area is 144 Å². The van der Waals surface area contributed by atoms with Crippen LogP contribution in [0.15, 0.2) is 28.7 Å². The maximum atomic E-state index is 12.2. The van der Waals surface area contributed by atoms with Gasteiger partial charge in [0.15, 0.2) is 0 Å². The average Bonchev–Trinajstić information content (AvgIpc) is 3.25. The molecule has 1 aromatic carbocycles. The van der Waals surface area contributed by atoms with E-state index in [4.69, 9.17) is 4.74 Å². The predicted molar refractivity (Wildman–Crippen MR) is 91.3 cm³/mol. The van der Waals surface area contributed by atoms with Gasteiger partial charge in [0.05, 0.1) is 4.47 Å². The van der Waals surface area contributed by atoms with Crippen molar-refractivity contribution in [2.24, 2.45) is 11.3 Å². The summed E-state index contributed by atoms with van der Waals surface area (Å²) in [5.74, 6) is 0.890. The molecule has 6 heteroatoms. The van der Waals surface area contributed by atoms with Crippen molar-refractivity contribution in [2.75, 3.05) is 26.2 Å². The van der Waals surface area contributed by atoms with Gasteiger partial charge in [-0.25, -0.2) is 0 Å². The van der Waals surface area contributed by atoms with Crippen LogP contribution < -0.4 is 15.4 Å². The second-order valence-corrected chi connectivity index (χ2v) is 7.36. The van der Waals surface area contributed by atoms with E-state index in [2.05, 4.69) is 26.6 Å². The number of benzene rings is 1. The number of hydrogen-bond acceptors (Lipinski definition) is 4. The molecule has 126 valence electrons. The number of carbonyl (C=O) groups excluding carboxylic acids is 1. The topological polar surface area (TPSA) is 70.6 Å². The number of aliphatic hydroxyl groups excluding tert-OH is 1. The van der Waals surface area contributed by atoms with E-state index < -0.39 is 6.10 Å². The lowest BCUT2D eigenvalue weighted by atomic mass is 9.92. The van der Waals surface area contributed by atoms with E-state index in [1.54, 1.807) is 0 Å². The highest BCUT2D eigenvalue weighted by Gasteiger charge is 2.57. The molecule has 2 fully saturated rings. The van der Waals surface area contributed by atoms with Crippen molar-refractivity contribution in [1.82, 2.24) is 10.6 Å². The number of amides is 1. The Hall–Kier alpha value is -1.11. The van der Waals surface area contributed by atoms with Gasteiger partial charge in [-0.3, -0.25) is 4.79 Å². The maximum absolute atomic E-state index is 12.2. The van der Waals surface area contributed by atoms with Crippen molar-refractivity contribution in [3.63, 3.8) is 0 Å². The van der Waals surface area contributed by atoms with E-state index in [1.807, 2.05) is 24.3 Å². The smallest absolute Gasteiger partial charge is 0.223 e. The first-order valence-electron chi connectivity index (χ1n) is 8.14. The van der Waals surface area contributed by atoms with E-state index >= 15 is 0 Å². The number of para-hydroxylation sites is 1. The third-order valence-corrected chi connectivity index (χ3v) is 5.54. The highest BCUT2D eigenvalue weighted by Crippen LogP contribution is 2.58. The molecule has 0 bridgehead atoms.